The highest BCUT2D eigenvalue weighted by Gasteiger charge is 2.33. The van der Waals surface area contributed by atoms with E-state index in [0.717, 1.165) is 25.9 Å². The lowest BCUT2D eigenvalue weighted by molar-refractivity contribution is -0.143. The number of hydrazine groups is 1. The van der Waals surface area contributed by atoms with E-state index in [1.807, 2.05) is 18.2 Å². The number of hydrogen-bond donors (Lipinski definition) is 2. The van der Waals surface area contributed by atoms with Crippen LogP contribution in [0.5, 0.6) is 0 Å². The van der Waals surface area contributed by atoms with Crippen LogP contribution in [0.1, 0.15) is 61.0 Å². The van der Waals surface area contributed by atoms with Gasteiger partial charge >= 0.3 is 5.91 Å². The van der Waals surface area contributed by atoms with Crippen molar-refractivity contribution in [3.63, 3.8) is 0 Å². The summed E-state index contributed by atoms with van der Waals surface area (Å²) in [6.45, 7) is 7.00. The highest BCUT2D eigenvalue weighted by Crippen LogP contribution is 2.25. The molecule has 1 atom stereocenters. The monoisotopic (exact) mass is 426 g/mol. The van der Waals surface area contributed by atoms with Crippen molar-refractivity contribution < 1.29 is 18.8 Å². The van der Waals surface area contributed by atoms with Crippen LogP contribution in [-0.4, -0.2) is 47.2 Å². The molecule has 2 N–H and O–H groups in total. The van der Waals surface area contributed by atoms with E-state index in [4.69, 9.17) is 4.42 Å². The third kappa shape index (κ3) is 5.73. The molecule has 2 aromatic rings. The zero-order chi connectivity index (χ0) is 22.2. The molecule has 166 valence electrons. The molecule has 3 rings (SSSR count). The lowest BCUT2D eigenvalue weighted by Crippen LogP contribution is -2.50. The van der Waals surface area contributed by atoms with E-state index in [2.05, 4.69) is 29.6 Å². The number of piperidine rings is 1. The first kappa shape index (κ1) is 22.6. The molecule has 1 aromatic carbocycles. The second-order valence-corrected chi connectivity index (χ2v) is 7.53. The standard InChI is InChI=1S/C23H30N4O4/c1-3-26(4-2)16-18-13-14-19(31-18)22(29)24-25-23(30)21(17-10-6-5-7-11-17)27-15-9-8-12-20(27)28/h5-7,10-11,13-14,21H,3-4,8-9,12,15-16H2,1-2H3,(H,24,29)(H,25,30). The van der Waals surface area contributed by atoms with E-state index in [1.54, 1.807) is 29.2 Å². The number of carbonyl (C=O) groups is 3. The van der Waals surface area contributed by atoms with Crippen molar-refractivity contribution in [2.45, 2.75) is 45.7 Å². The third-order valence-corrected chi connectivity index (χ3v) is 5.49. The lowest BCUT2D eigenvalue weighted by Gasteiger charge is -2.34. The Labute approximate surface area is 182 Å². The Morgan fingerprint density at radius 3 is 2.48 bits per heavy atom. The van der Waals surface area contributed by atoms with Gasteiger partial charge in [0.25, 0.3) is 5.91 Å². The SMILES string of the molecule is CCN(CC)Cc1ccc(C(=O)NNC(=O)C(c2ccccc2)N2CCCCC2=O)o1. The number of nitrogens with zero attached hydrogens (tertiary/aromatic N) is 2. The molecule has 3 amide bonds. The van der Waals surface area contributed by atoms with Crippen molar-refractivity contribution in [2.75, 3.05) is 19.6 Å². The van der Waals surface area contributed by atoms with Gasteiger partial charge in [0.05, 0.1) is 6.54 Å². The number of amides is 3. The quantitative estimate of drug-likeness (QED) is 0.633. The number of furan rings is 1. The predicted octanol–water partition coefficient (Wildman–Crippen LogP) is 2.64. The molecular formula is C23H30N4O4. The molecular weight excluding hydrogens is 396 g/mol. The molecule has 31 heavy (non-hydrogen) atoms. The maximum Gasteiger partial charge on any atom is 0.305 e. The highest BCUT2D eigenvalue weighted by atomic mass is 16.4. The molecule has 1 aliphatic heterocycles. The predicted molar refractivity (Wildman–Crippen MR) is 116 cm³/mol. The van der Waals surface area contributed by atoms with Gasteiger partial charge in [-0.05, 0) is 43.6 Å². The van der Waals surface area contributed by atoms with Crippen molar-refractivity contribution in [2.24, 2.45) is 0 Å². The first-order valence-corrected chi connectivity index (χ1v) is 10.8. The van der Waals surface area contributed by atoms with Gasteiger partial charge in [0.15, 0.2) is 5.76 Å². The van der Waals surface area contributed by atoms with E-state index in [0.29, 0.717) is 30.8 Å². The van der Waals surface area contributed by atoms with Crippen LogP contribution in [0.2, 0.25) is 0 Å². The highest BCUT2D eigenvalue weighted by molar-refractivity contribution is 5.94. The van der Waals surface area contributed by atoms with E-state index >= 15 is 0 Å². The summed E-state index contributed by atoms with van der Waals surface area (Å²) in [6.07, 6.45) is 2.09. The summed E-state index contributed by atoms with van der Waals surface area (Å²) in [5.41, 5.74) is 5.58. The summed E-state index contributed by atoms with van der Waals surface area (Å²) in [4.78, 5) is 41.7. The Bertz CT molecular complexity index is 892. The van der Waals surface area contributed by atoms with Crippen molar-refractivity contribution in [1.29, 1.82) is 0 Å². The topological polar surface area (TPSA) is 94.9 Å². The maximum absolute atomic E-state index is 13.0. The van der Waals surface area contributed by atoms with Crippen molar-refractivity contribution in [3.05, 3.63) is 59.5 Å². The Morgan fingerprint density at radius 1 is 1.06 bits per heavy atom. The maximum atomic E-state index is 13.0. The van der Waals surface area contributed by atoms with Crippen molar-refractivity contribution >= 4 is 17.7 Å². The third-order valence-electron chi connectivity index (χ3n) is 5.49. The van der Waals surface area contributed by atoms with Crippen LogP contribution in [0.3, 0.4) is 0 Å². The van der Waals surface area contributed by atoms with Crippen molar-refractivity contribution in [1.82, 2.24) is 20.7 Å². The van der Waals surface area contributed by atoms with Gasteiger partial charge in [0.1, 0.15) is 11.8 Å². The normalized spacial score (nSPS) is 15.1. The zero-order valence-electron chi connectivity index (χ0n) is 18.1. The van der Waals surface area contributed by atoms with Crippen LogP contribution < -0.4 is 10.9 Å². The largest absolute Gasteiger partial charge is 0.454 e. The molecule has 8 heteroatoms. The molecule has 0 radical (unpaired) electrons. The van der Waals surface area contributed by atoms with Gasteiger partial charge in [-0.1, -0.05) is 44.2 Å². The Balaban J connectivity index is 1.66. The van der Waals surface area contributed by atoms with Gasteiger partial charge in [-0.3, -0.25) is 30.1 Å². The van der Waals surface area contributed by atoms with E-state index < -0.39 is 17.9 Å². The lowest BCUT2D eigenvalue weighted by atomic mass is 10.0. The number of carbonyl (C=O) groups excluding carboxylic acids is 3. The average molecular weight is 427 g/mol. The molecule has 0 saturated carbocycles. The minimum absolute atomic E-state index is 0.0614. The van der Waals surface area contributed by atoms with Gasteiger partial charge < -0.3 is 9.32 Å². The minimum Gasteiger partial charge on any atom is -0.454 e. The fourth-order valence-electron chi connectivity index (χ4n) is 3.71. The van der Waals surface area contributed by atoms with Gasteiger partial charge in [-0.25, -0.2) is 0 Å². The Morgan fingerprint density at radius 2 is 1.81 bits per heavy atom. The Hall–Kier alpha value is -3.13. The van der Waals surface area contributed by atoms with Crippen LogP contribution in [0.25, 0.3) is 0 Å². The minimum atomic E-state index is -0.802. The summed E-state index contributed by atoms with van der Waals surface area (Å²) >= 11 is 0. The molecule has 0 spiro atoms. The average Bonchev–Trinajstić information content (AvgIpc) is 3.27. The fraction of sp³-hybridized carbons (Fsp3) is 0.435. The van der Waals surface area contributed by atoms with Gasteiger partial charge in [-0.2, -0.15) is 0 Å². The van der Waals surface area contributed by atoms with Crippen LogP contribution in [0.4, 0.5) is 0 Å². The van der Waals surface area contributed by atoms with E-state index in [9.17, 15) is 14.4 Å². The smallest absolute Gasteiger partial charge is 0.305 e. The molecule has 1 aromatic heterocycles. The van der Waals surface area contributed by atoms with E-state index in [-0.39, 0.29) is 11.7 Å². The first-order chi connectivity index (χ1) is 15.0. The van der Waals surface area contributed by atoms with Crippen LogP contribution in [-0.2, 0) is 16.1 Å². The van der Waals surface area contributed by atoms with Gasteiger partial charge in [0.2, 0.25) is 5.91 Å². The van der Waals surface area contributed by atoms with Gasteiger partial charge in [-0.15, -0.1) is 0 Å². The number of benzene rings is 1. The van der Waals surface area contributed by atoms with Crippen LogP contribution in [0, 0.1) is 0 Å². The molecule has 1 aliphatic rings. The summed E-state index contributed by atoms with van der Waals surface area (Å²) in [7, 11) is 0. The second-order valence-electron chi connectivity index (χ2n) is 7.53. The molecule has 1 fully saturated rings. The molecule has 1 saturated heterocycles. The van der Waals surface area contributed by atoms with E-state index in [1.165, 1.54) is 0 Å². The summed E-state index contributed by atoms with van der Waals surface area (Å²) < 4.78 is 5.62. The van der Waals surface area contributed by atoms with Crippen LogP contribution in [0.15, 0.2) is 46.9 Å². The van der Waals surface area contributed by atoms with Crippen LogP contribution >= 0.6 is 0 Å². The number of nitrogens with one attached hydrogen (secondary N) is 2. The summed E-state index contributed by atoms with van der Waals surface area (Å²) in [5, 5.41) is 0. The summed E-state index contributed by atoms with van der Waals surface area (Å²) in [5.74, 6) is -0.275. The second kappa shape index (κ2) is 10.8. The molecule has 8 nitrogen and oxygen atoms in total. The number of hydrogen-bond acceptors (Lipinski definition) is 5. The first-order valence-electron chi connectivity index (χ1n) is 10.8. The number of rotatable bonds is 8. The fourth-order valence-corrected chi connectivity index (χ4v) is 3.71. The molecule has 2 heterocycles. The summed E-state index contributed by atoms with van der Waals surface area (Å²) in [6, 6.07) is 11.7. The van der Waals surface area contributed by atoms with Gasteiger partial charge in [0, 0.05) is 13.0 Å². The molecule has 1 unspecified atom stereocenters. The molecule has 0 bridgehead atoms. The molecule has 0 aliphatic carbocycles. The Kier molecular flexibility index (Phi) is 7.83. The zero-order valence-corrected chi connectivity index (χ0v) is 18.1. The van der Waals surface area contributed by atoms with Crippen molar-refractivity contribution in [3.8, 4) is 0 Å². The number of likely N-dealkylation sites (tertiary alicyclic amines) is 1.